The second kappa shape index (κ2) is 56.2. The summed E-state index contributed by atoms with van der Waals surface area (Å²) in [5, 5.41) is 0. The van der Waals surface area contributed by atoms with Crippen LogP contribution in [0.1, 0.15) is 316 Å². The molecule has 0 aliphatic heterocycles. The second-order valence-corrected chi connectivity index (χ2v) is 19.9. The maximum absolute atomic E-state index is 12.8. The van der Waals surface area contributed by atoms with Gasteiger partial charge in [-0.3, -0.25) is 14.4 Å². The van der Waals surface area contributed by atoms with Crippen molar-refractivity contribution in [2.45, 2.75) is 322 Å². The summed E-state index contributed by atoms with van der Waals surface area (Å²) in [4.78, 5) is 38.1. The fourth-order valence-electron chi connectivity index (χ4n) is 8.65. The number of allylic oxidation sites excluding steroid dienone is 6. The largest absolute Gasteiger partial charge is 0.462 e. The average molecular weight is 942 g/mol. The lowest BCUT2D eigenvalue weighted by Crippen LogP contribution is -2.30. The van der Waals surface area contributed by atoms with Crippen molar-refractivity contribution in [2.24, 2.45) is 0 Å². The minimum atomic E-state index is -0.772. The number of hydrogen-bond acceptors (Lipinski definition) is 6. The van der Waals surface area contributed by atoms with Gasteiger partial charge in [-0.2, -0.15) is 0 Å². The molecule has 0 N–H and O–H groups in total. The summed E-state index contributed by atoms with van der Waals surface area (Å²) in [6.45, 7) is 6.63. The molecule has 0 rings (SSSR count). The summed E-state index contributed by atoms with van der Waals surface area (Å²) in [7, 11) is 0. The molecule has 0 radical (unpaired) electrons. The van der Waals surface area contributed by atoms with Crippen molar-refractivity contribution in [3.63, 3.8) is 0 Å². The Morgan fingerprint density at radius 2 is 0.537 bits per heavy atom. The molecule has 0 amide bonds. The van der Waals surface area contributed by atoms with E-state index in [1.165, 1.54) is 205 Å². The number of carbonyl (C=O) groups excluding carboxylic acids is 3. The first-order chi connectivity index (χ1) is 33.0. The molecule has 1 unspecified atom stereocenters. The van der Waals surface area contributed by atoms with Gasteiger partial charge in [0.15, 0.2) is 6.10 Å². The van der Waals surface area contributed by atoms with Gasteiger partial charge in [-0.1, -0.05) is 256 Å². The van der Waals surface area contributed by atoms with Crippen LogP contribution in [-0.2, 0) is 28.6 Å². The van der Waals surface area contributed by atoms with Gasteiger partial charge in [0.2, 0.25) is 0 Å². The highest BCUT2D eigenvalue weighted by atomic mass is 16.6. The van der Waals surface area contributed by atoms with Gasteiger partial charge in [0, 0.05) is 19.3 Å². The molecule has 0 spiro atoms. The lowest BCUT2D eigenvalue weighted by Gasteiger charge is -2.18. The second-order valence-electron chi connectivity index (χ2n) is 19.9. The number of ether oxygens (including phenoxy) is 3. The zero-order valence-corrected chi connectivity index (χ0v) is 44.9. The van der Waals surface area contributed by atoms with E-state index >= 15 is 0 Å². The maximum atomic E-state index is 12.8. The molecule has 6 heteroatoms. The summed E-state index contributed by atoms with van der Waals surface area (Å²) in [5.74, 6) is -0.867. The molecule has 0 aliphatic rings. The van der Waals surface area contributed by atoms with Crippen LogP contribution in [-0.4, -0.2) is 37.2 Å². The summed E-state index contributed by atoms with van der Waals surface area (Å²) in [6, 6.07) is 0. The quantitative estimate of drug-likeness (QED) is 0.0262. The van der Waals surface area contributed by atoms with Crippen molar-refractivity contribution >= 4 is 17.9 Å². The molecule has 0 heterocycles. The van der Waals surface area contributed by atoms with Crippen LogP contribution >= 0.6 is 0 Å². The Labute approximate surface area is 416 Å². The highest BCUT2D eigenvalue weighted by Gasteiger charge is 2.19. The van der Waals surface area contributed by atoms with Crippen LogP contribution in [0.2, 0.25) is 0 Å². The molecule has 0 bridgehead atoms. The zero-order chi connectivity index (χ0) is 48.6. The van der Waals surface area contributed by atoms with Crippen LogP contribution in [0.5, 0.6) is 0 Å². The first-order valence-electron chi connectivity index (χ1n) is 29.5. The highest BCUT2D eigenvalue weighted by Crippen LogP contribution is 2.16. The molecule has 0 aromatic rings. The van der Waals surface area contributed by atoms with E-state index in [1.807, 2.05) is 0 Å². The van der Waals surface area contributed by atoms with Gasteiger partial charge >= 0.3 is 17.9 Å². The zero-order valence-electron chi connectivity index (χ0n) is 44.9. The molecule has 0 aromatic heterocycles. The number of rotatable bonds is 54. The molecule has 0 aromatic carbocycles. The number of hydrogen-bond donors (Lipinski definition) is 0. The Balaban J connectivity index is 4.19. The molecule has 0 aliphatic carbocycles. The predicted octanol–water partition coefficient (Wildman–Crippen LogP) is 19.7. The molecule has 0 saturated heterocycles. The van der Waals surface area contributed by atoms with Crippen LogP contribution in [0.3, 0.4) is 0 Å². The van der Waals surface area contributed by atoms with E-state index in [2.05, 4.69) is 57.2 Å². The summed E-state index contributed by atoms with van der Waals surface area (Å²) >= 11 is 0. The smallest absolute Gasteiger partial charge is 0.306 e. The van der Waals surface area contributed by atoms with Gasteiger partial charge < -0.3 is 14.2 Å². The van der Waals surface area contributed by atoms with Gasteiger partial charge in [0.05, 0.1) is 0 Å². The third-order valence-electron chi connectivity index (χ3n) is 13.1. The van der Waals surface area contributed by atoms with Crippen molar-refractivity contribution in [1.82, 2.24) is 0 Å². The molecule has 1 atom stereocenters. The van der Waals surface area contributed by atoms with Crippen LogP contribution in [0.25, 0.3) is 0 Å². The normalized spacial score (nSPS) is 12.2. The van der Waals surface area contributed by atoms with Crippen LogP contribution in [0.15, 0.2) is 36.5 Å². The van der Waals surface area contributed by atoms with E-state index in [1.54, 1.807) is 0 Å². The number of esters is 3. The van der Waals surface area contributed by atoms with E-state index in [0.717, 1.165) is 70.6 Å². The first-order valence-corrected chi connectivity index (χ1v) is 29.5. The fraction of sp³-hybridized carbons (Fsp3) is 0.852. The van der Waals surface area contributed by atoms with Crippen molar-refractivity contribution in [3.05, 3.63) is 36.5 Å². The molecule has 0 saturated carbocycles. The molecule has 392 valence electrons. The van der Waals surface area contributed by atoms with E-state index in [-0.39, 0.29) is 31.1 Å². The van der Waals surface area contributed by atoms with E-state index in [4.69, 9.17) is 14.2 Å². The Kier molecular flexibility index (Phi) is 54.2. The topological polar surface area (TPSA) is 78.9 Å². The van der Waals surface area contributed by atoms with Gasteiger partial charge in [-0.05, 0) is 77.0 Å². The van der Waals surface area contributed by atoms with Crippen molar-refractivity contribution in [3.8, 4) is 0 Å². The average Bonchev–Trinajstić information content (AvgIpc) is 3.33. The maximum Gasteiger partial charge on any atom is 0.306 e. The van der Waals surface area contributed by atoms with Crippen LogP contribution < -0.4 is 0 Å². The van der Waals surface area contributed by atoms with Gasteiger partial charge in [-0.15, -0.1) is 0 Å². The lowest BCUT2D eigenvalue weighted by atomic mass is 10.0. The minimum Gasteiger partial charge on any atom is -0.462 e. The summed E-state index contributed by atoms with van der Waals surface area (Å²) < 4.78 is 16.8. The molecule has 0 fully saturated rings. The Hall–Kier alpha value is -2.37. The molecular formula is C61H112O6. The molecular weight excluding hydrogens is 829 g/mol. The Morgan fingerprint density at radius 1 is 0.299 bits per heavy atom. The van der Waals surface area contributed by atoms with Gasteiger partial charge in [0.1, 0.15) is 13.2 Å². The Morgan fingerprint density at radius 3 is 0.851 bits per heavy atom. The van der Waals surface area contributed by atoms with E-state index in [9.17, 15) is 14.4 Å². The fourth-order valence-corrected chi connectivity index (χ4v) is 8.65. The molecule has 67 heavy (non-hydrogen) atoms. The monoisotopic (exact) mass is 941 g/mol. The molecule has 6 nitrogen and oxygen atoms in total. The highest BCUT2D eigenvalue weighted by molar-refractivity contribution is 5.71. The summed E-state index contributed by atoms with van der Waals surface area (Å²) in [6.07, 6.45) is 67.2. The summed E-state index contributed by atoms with van der Waals surface area (Å²) in [5.41, 5.74) is 0. The third kappa shape index (κ3) is 54.4. The van der Waals surface area contributed by atoms with Crippen molar-refractivity contribution in [1.29, 1.82) is 0 Å². The van der Waals surface area contributed by atoms with E-state index in [0.29, 0.717) is 19.3 Å². The Bertz CT molecular complexity index is 1130. The third-order valence-corrected chi connectivity index (χ3v) is 13.1. The van der Waals surface area contributed by atoms with E-state index < -0.39 is 6.10 Å². The number of carbonyl (C=O) groups is 3. The van der Waals surface area contributed by atoms with Crippen molar-refractivity contribution < 1.29 is 28.6 Å². The predicted molar refractivity (Wildman–Crippen MR) is 289 cm³/mol. The number of unbranched alkanes of at least 4 members (excludes halogenated alkanes) is 37. The SMILES string of the molecule is CCCCCC/C=C\CCCCCCCC(=O)OC(COC(=O)CCCCCCCCCCCCC)COC(=O)CCCCCCCCCCCCCCC/C=C\C/C=C\CCCCCCC. The van der Waals surface area contributed by atoms with Crippen LogP contribution in [0.4, 0.5) is 0 Å². The minimum absolute atomic E-state index is 0.0718. The van der Waals surface area contributed by atoms with Crippen LogP contribution in [0, 0.1) is 0 Å². The van der Waals surface area contributed by atoms with Crippen molar-refractivity contribution in [2.75, 3.05) is 13.2 Å². The first kappa shape index (κ1) is 64.6. The van der Waals surface area contributed by atoms with Gasteiger partial charge in [-0.25, -0.2) is 0 Å². The standard InChI is InChI=1S/C61H112O6/c1-4-7-10-13-16-19-22-24-25-26-27-28-29-30-31-32-33-34-35-37-39-42-45-48-51-54-60(63)66-57-58(56-65-59(62)53-50-47-44-41-38-21-18-15-12-9-6-3)67-61(64)55-52-49-46-43-40-36-23-20-17-14-11-8-5-2/h20,22-24,26-27,58H,4-19,21,25,28-57H2,1-3H3/b23-20-,24-22-,27-26-. The van der Waals surface area contributed by atoms with Gasteiger partial charge in [0.25, 0.3) is 0 Å². The lowest BCUT2D eigenvalue weighted by molar-refractivity contribution is -0.167.